The van der Waals surface area contributed by atoms with Crippen LogP contribution in [0.15, 0.2) is 42.5 Å². The van der Waals surface area contributed by atoms with E-state index in [4.69, 9.17) is 4.74 Å². The van der Waals surface area contributed by atoms with Gasteiger partial charge < -0.3 is 15.4 Å². The van der Waals surface area contributed by atoms with E-state index >= 15 is 0 Å². The molecule has 6 heteroatoms. The molecule has 1 saturated heterocycles. The van der Waals surface area contributed by atoms with E-state index in [1.165, 1.54) is 0 Å². The van der Waals surface area contributed by atoms with Gasteiger partial charge in [0.15, 0.2) is 5.69 Å². The van der Waals surface area contributed by atoms with Gasteiger partial charge in [0.25, 0.3) is 5.91 Å². The van der Waals surface area contributed by atoms with Gasteiger partial charge in [-0.1, -0.05) is 18.2 Å². The number of nitrogens with one attached hydrogen (secondary N) is 2. The molecule has 0 radical (unpaired) electrons. The predicted molar refractivity (Wildman–Crippen MR) is 88.5 cm³/mol. The Morgan fingerprint density at radius 2 is 2.04 bits per heavy atom. The van der Waals surface area contributed by atoms with Crippen LogP contribution in [0.25, 0.3) is 0 Å². The zero-order chi connectivity index (χ0) is 16.1. The number of carbonyl (C=O) groups excluding carboxylic acids is 1. The first-order valence-corrected chi connectivity index (χ1v) is 7.80. The lowest BCUT2D eigenvalue weighted by Crippen LogP contribution is -2.30. The van der Waals surface area contributed by atoms with Gasteiger partial charge in [0.05, 0.1) is 12.1 Å². The van der Waals surface area contributed by atoms with E-state index in [2.05, 4.69) is 27.8 Å². The molecule has 1 amide bonds. The number of carbonyl (C=O) groups is 1. The van der Waals surface area contributed by atoms with E-state index in [-0.39, 0.29) is 23.7 Å². The monoisotopic (exact) mass is 312 g/mol. The molecule has 1 aromatic carbocycles. The summed E-state index contributed by atoms with van der Waals surface area (Å²) in [6.45, 7) is 2.88. The number of amides is 1. The van der Waals surface area contributed by atoms with Crippen LogP contribution in [0.5, 0.6) is 0 Å². The van der Waals surface area contributed by atoms with Crippen molar-refractivity contribution < 1.29 is 9.53 Å². The van der Waals surface area contributed by atoms with Gasteiger partial charge in [0.1, 0.15) is 5.82 Å². The Morgan fingerprint density at radius 3 is 2.70 bits per heavy atom. The van der Waals surface area contributed by atoms with E-state index < -0.39 is 0 Å². The van der Waals surface area contributed by atoms with Crippen molar-refractivity contribution in [1.82, 2.24) is 10.2 Å². The van der Waals surface area contributed by atoms with E-state index in [1.807, 2.05) is 30.3 Å². The summed E-state index contributed by atoms with van der Waals surface area (Å²) in [5.41, 5.74) is 1.01. The van der Waals surface area contributed by atoms with Gasteiger partial charge in [-0.15, -0.1) is 10.2 Å². The molecule has 1 aliphatic rings. The highest BCUT2D eigenvalue weighted by Crippen LogP contribution is 2.18. The largest absolute Gasteiger partial charge is 0.376 e. The second-order valence-electron chi connectivity index (χ2n) is 5.61. The Hall–Kier alpha value is -2.47. The normalized spacial score (nSPS) is 18.4. The van der Waals surface area contributed by atoms with E-state index in [9.17, 15) is 4.79 Å². The molecule has 23 heavy (non-hydrogen) atoms. The molecule has 2 heterocycles. The fourth-order valence-electron chi connectivity index (χ4n) is 2.57. The Kier molecular flexibility index (Phi) is 4.83. The van der Waals surface area contributed by atoms with Crippen LogP contribution in [-0.2, 0) is 4.74 Å². The third-order valence-electron chi connectivity index (χ3n) is 3.83. The topological polar surface area (TPSA) is 76.1 Å². The SMILES string of the molecule is C[C@H](Nc1ccc(C(=O)Nc2ccccc2)nn1)[C@H]1CCCO1. The average molecular weight is 312 g/mol. The summed E-state index contributed by atoms with van der Waals surface area (Å²) in [4.78, 5) is 12.1. The quantitative estimate of drug-likeness (QED) is 0.888. The van der Waals surface area contributed by atoms with E-state index in [0.29, 0.717) is 5.82 Å². The molecule has 0 saturated carbocycles. The number of rotatable bonds is 5. The van der Waals surface area contributed by atoms with Gasteiger partial charge in [0.2, 0.25) is 0 Å². The Labute approximate surface area is 135 Å². The molecular formula is C17H20N4O2. The Balaban J connectivity index is 1.59. The molecule has 1 fully saturated rings. The molecule has 0 unspecified atom stereocenters. The lowest BCUT2D eigenvalue weighted by atomic mass is 10.1. The first-order chi connectivity index (χ1) is 11.2. The lowest BCUT2D eigenvalue weighted by molar-refractivity contribution is 0.0994. The van der Waals surface area contributed by atoms with Crippen LogP contribution in [-0.4, -0.2) is 34.9 Å². The fourth-order valence-corrected chi connectivity index (χ4v) is 2.57. The van der Waals surface area contributed by atoms with Gasteiger partial charge in [-0.25, -0.2) is 0 Å². The van der Waals surface area contributed by atoms with Crippen LogP contribution in [0.2, 0.25) is 0 Å². The van der Waals surface area contributed by atoms with Crippen LogP contribution in [0.3, 0.4) is 0 Å². The molecule has 3 rings (SSSR count). The molecule has 2 atom stereocenters. The highest BCUT2D eigenvalue weighted by molar-refractivity contribution is 6.02. The molecule has 2 N–H and O–H groups in total. The Morgan fingerprint density at radius 1 is 1.22 bits per heavy atom. The van der Waals surface area contributed by atoms with Crippen molar-refractivity contribution in [3.63, 3.8) is 0 Å². The standard InChI is InChI=1S/C17H20N4O2/c1-12(15-8-5-11-23-15)18-16-10-9-14(20-21-16)17(22)19-13-6-3-2-4-7-13/h2-4,6-7,9-10,12,15H,5,8,11H2,1H3,(H,18,21)(H,19,22)/t12-,15+/m0/s1. The molecule has 1 aromatic heterocycles. The average Bonchev–Trinajstić information content (AvgIpc) is 3.11. The van der Waals surface area contributed by atoms with Crippen molar-refractivity contribution in [3.05, 3.63) is 48.2 Å². The highest BCUT2D eigenvalue weighted by atomic mass is 16.5. The van der Waals surface area contributed by atoms with Gasteiger partial charge in [-0.2, -0.15) is 0 Å². The van der Waals surface area contributed by atoms with Crippen molar-refractivity contribution in [2.24, 2.45) is 0 Å². The van der Waals surface area contributed by atoms with Crippen molar-refractivity contribution in [2.45, 2.75) is 31.9 Å². The summed E-state index contributed by atoms with van der Waals surface area (Å²) >= 11 is 0. The fraction of sp³-hybridized carbons (Fsp3) is 0.353. The predicted octanol–water partition coefficient (Wildman–Crippen LogP) is 2.71. The number of benzene rings is 1. The molecule has 0 bridgehead atoms. The summed E-state index contributed by atoms with van der Waals surface area (Å²) < 4.78 is 5.64. The maximum Gasteiger partial charge on any atom is 0.276 e. The molecule has 0 aliphatic carbocycles. The summed E-state index contributed by atoms with van der Waals surface area (Å²) in [5, 5.41) is 14.1. The zero-order valence-electron chi connectivity index (χ0n) is 13.0. The molecule has 0 spiro atoms. The third-order valence-corrected chi connectivity index (χ3v) is 3.83. The second kappa shape index (κ2) is 7.19. The molecule has 1 aliphatic heterocycles. The van der Waals surface area contributed by atoms with E-state index in [1.54, 1.807) is 12.1 Å². The summed E-state index contributed by atoms with van der Waals surface area (Å²) in [6, 6.07) is 12.9. The summed E-state index contributed by atoms with van der Waals surface area (Å²) in [5.74, 6) is 0.367. The number of hydrogen-bond acceptors (Lipinski definition) is 5. The maximum absolute atomic E-state index is 12.1. The summed E-state index contributed by atoms with van der Waals surface area (Å²) in [7, 11) is 0. The first-order valence-electron chi connectivity index (χ1n) is 7.80. The van der Waals surface area contributed by atoms with Gasteiger partial charge in [-0.05, 0) is 44.0 Å². The van der Waals surface area contributed by atoms with Gasteiger partial charge in [-0.3, -0.25) is 4.79 Å². The van der Waals surface area contributed by atoms with Crippen LogP contribution in [0, 0.1) is 0 Å². The van der Waals surface area contributed by atoms with Crippen molar-refractivity contribution in [3.8, 4) is 0 Å². The number of anilines is 2. The number of nitrogens with zero attached hydrogens (tertiary/aromatic N) is 2. The number of para-hydroxylation sites is 1. The van der Waals surface area contributed by atoms with Crippen LogP contribution in [0.4, 0.5) is 11.5 Å². The minimum absolute atomic E-state index is 0.163. The van der Waals surface area contributed by atoms with Gasteiger partial charge in [0, 0.05) is 12.3 Å². The number of hydrogen-bond donors (Lipinski definition) is 2. The summed E-state index contributed by atoms with van der Waals surface area (Å²) in [6.07, 6.45) is 2.36. The lowest BCUT2D eigenvalue weighted by Gasteiger charge is -2.20. The Bertz CT molecular complexity index is 639. The van der Waals surface area contributed by atoms with Crippen LogP contribution >= 0.6 is 0 Å². The van der Waals surface area contributed by atoms with Crippen LogP contribution in [0.1, 0.15) is 30.3 Å². The minimum Gasteiger partial charge on any atom is -0.376 e. The minimum atomic E-state index is -0.276. The molecule has 6 nitrogen and oxygen atoms in total. The van der Waals surface area contributed by atoms with E-state index in [0.717, 1.165) is 25.1 Å². The highest BCUT2D eigenvalue weighted by Gasteiger charge is 2.22. The smallest absolute Gasteiger partial charge is 0.276 e. The van der Waals surface area contributed by atoms with Crippen molar-refractivity contribution in [1.29, 1.82) is 0 Å². The van der Waals surface area contributed by atoms with Gasteiger partial charge >= 0.3 is 0 Å². The maximum atomic E-state index is 12.1. The van der Waals surface area contributed by atoms with Crippen molar-refractivity contribution in [2.75, 3.05) is 17.2 Å². The van der Waals surface area contributed by atoms with Crippen LogP contribution < -0.4 is 10.6 Å². The molecule has 120 valence electrons. The number of ether oxygens (including phenoxy) is 1. The second-order valence-corrected chi connectivity index (χ2v) is 5.61. The molecular weight excluding hydrogens is 292 g/mol. The third kappa shape index (κ3) is 4.04. The number of aromatic nitrogens is 2. The van der Waals surface area contributed by atoms with Crippen molar-refractivity contribution >= 4 is 17.4 Å². The first kappa shape index (κ1) is 15.4. The zero-order valence-corrected chi connectivity index (χ0v) is 13.0. The molecule has 2 aromatic rings.